The Balaban J connectivity index is 2.20. The van der Waals surface area contributed by atoms with Crippen LogP contribution in [-0.2, 0) is 0 Å². The van der Waals surface area contributed by atoms with E-state index in [4.69, 9.17) is 11.6 Å². The number of halogens is 1. The average molecular weight is 226 g/mol. The van der Waals surface area contributed by atoms with E-state index in [1.165, 1.54) is 0 Å². The van der Waals surface area contributed by atoms with E-state index >= 15 is 0 Å². The van der Waals surface area contributed by atoms with E-state index in [1.807, 2.05) is 4.90 Å². The normalized spacial score (nSPS) is 18.5. The molecule has 0 aromatic heterocycles. The number of anilines is 1. The summed E-state index contributed by atoms with van der Waals surface area (Å²) in [4.78, 5) is 12.5. The van der Waals surface area contributed by atoms with Crippen LogP contribution in [0.2, 0.25) is 5.02 Å². The molecule has 80 valence electrons. The van der Waals surface area contributed by atoms with Crippen molar-refractivity contribution in [1.82, 2.24) is 0 Å². The zero-order chi connectivity index (χ0) is 11.1. The second-order valence-corrected chi connectivity index (χ2v) is 4.59. The molecule has 4 heteroatoms. The zero-order valence-corrected chi connectivity index (χ0v) is 9.16. The number of aldehydes is 1. The van der Waals surface area contributed by atoms with E-state index in [-0.39, 0.29) is 0 Å². The van der Waals surface area contributed by atoms with Gasteiger partial charge in [-0.3, -0.25) is 4.79 Å². The first-order chi connectivity index (χ1) is 7.02. The third-order valence-corrected chi connectivity index (χ3v) is 2.81. The molecule has 0 aliphatic carbocycles. The SMILES string of the molecule is CC1(O)CN(c2ccc(C=O)cc2Cl)C1. The molecule has 15 heavy (non-hydrogen) atoms. The van der Waals surface area contributed by atoms with Crippen molar-refractivity contribution in [3.05, 3.63) is 28.8 Å². The maximum Gasteiger partial charge on any atom is 0.150 e. The third kappa shape index (κ3) is 1.98. The molecule has 0 spiro atoms. The molecule has 0 amide bonds. The summed E-state index contributed by atoms with van der Waals surface area (Å²) < 4.78 is 0. The average Bonchev–Trinajstić information content (AvgIpc) is 2.14. The van der Waals surface area contributed by atoms with Gasteiger partial charge < -0.3 is 10.0 Å². The summed E-state index contributed by atoms with van der Waals surface area (Å²) in [6.45, 7) is 2.94. The van der Waals surface area contributed by atoms with Crippen LogP contribution >= 0.6 is 11.6 Å². The molecule has 1 aliphatic rings. The Morgan fingerprint density at radius 2 is 2.20 bits per heavy atom. The smallest absolute Gasteiger partial charge is 0.150 e. The van der Waals surface area contributed by atoms with Gasteiger partial charge in [0, 0.05) is 18.7 Å². The van der Waals surface area contributed by atoms with Gasteiger partial charge in [-0.1, -0.05) is 11.6 Å². The van der Waals surface area contributed by atoms with Crippen molar-refractivity contribution in [2.45, 2.75) is 12.5 Å². The molecule has 0 unspecified atom stereocenters. The molecule has 1 heterocycles. The monoisotopic (exact) mass is 225 g/mol. The summed E-state index contributed by atoms with van der Waals surface area (Å²) in [5.41, 5.74) is 0.817. The van der Waals surface area contributed by atoms with Gasteiger partial charge in [0.1, 0.15) is 6.29 Å². The fourth-order valence-corrected chi connectivity index (χ4v) is 2.11. The van der Waals surface area contributed by atoms with Gasteiger partial charge in [0.2, 0.25) is 0 Å². The Labute approximate surface area is 93.3 Å². The molecule has 1 saturated heterocycles. The lowest BCUT2D eigenvalue weighted by molar-refractivity contribution is 0.0310. The van der Waals surface area contributed by atoms with Crippen LogP contribution in [0.4, 0.5) is 5.69 Å². The number of hydrogen-bond acceptors (Lipinski definition) is 3. The second-order valence-electron chi connectivity index (χ2n) is 4.18. The van der Waals surface area contributed by atoms with Gasteiger partial charge in [0.25, 0.3) is 0 Å². The number of aliphatic hydroxyl groups is 1. The lowest BCUT2D eigenvalue weighted by atomic mass is 9.96. The Morgan fingerprint density at radius 3 is 2.67 bits per heavy atom. The molecule has 0 radical (unpaired) electrons. The number of carbonyl (C=O) groups excluding carboxylic acids is 1. The van der Waals surface area contributed by atoms with Gasteiger partial charge in [-0.2, -0.15) is 0 Å². The van der Waals surface area contributed by atoms with Crippen LogP contribution in [0, 0.1) is 0 Å². The summed E-state index contributed by atoms with van der Waals surface area (Å²) in [6, 6.07) is 5.17. The standard InChI is InChI=1S/C11H12ClNO2/c1-11(15)6-13(7-11)10-3-2-8(5-14)4-9(10)12/h2-5,15H,6-7H2,1H3. The van der Waals surface area contributed by atoms with E-state index in [0.29, 0.717) is 23.7 Å². The van der Waals surface area contributed by atoms with Crippen molar-refractivity contribution in [1.29, 1.82) is 0 Å². The van der Waals surface area contributed by atoms with Crippen LogP contribution in [0.1, 0.15) is 17.3 Å². The van der Waals surface area contributed by atoms with E-state index in [0.717, 1.165) is 12.0 Å². The van der Waals surface area contributed by atoms with Crippen LogP contribution < -0.4 is 4.90 Å². The van der Waals surface area contributed by atoms with Crippen LogP contribution in [0.3, 0.4) is 0 Å². The predicted molar refractivity (Wildman–Crippen MR) is 59.7 cm³/mol. The molecular weight excluding hydrogens is 214 g/mol. The minimum Gasteiger partial charge on any atom is -0.386 e. The largest absolute Gasteiger partial charge is 0.386 e. The summed E-state index contributed by atoms with van der Waals surface area (Å²) in [6.07, 6.45) is 0.766. The Morgan fingerprint density at radius 1 is 1.53 bits per heavy atom. The summed E-state index contributed by atoms with van der Waals surface area (Å²) in [7, 11) is 0. The van der Waals surface area contributed by atoms with Gasteiger partial charge in [-0.15, -0.1) is 0 Å². The molecule has 0 saturated carbocycles. The number of β-amino-alcohol motifs (C(OH)–C–C–N with tert-alkyl or cyclic N) is 1. The molecule has 1 N–H and O–H groups in total. The molecule has 1 fully saturated rings. The topological polar surface area (TPSA) is 40.5 Å². The number of nitrogens with zero attached hydrogens (tertiary/aromatic N) is 1. The van der Waals surface area contributed by atoms with E-state index < -0.39 is 5.60 Å². The van der Waals surface area contributed by atoms with Crippen molar-refractivity contribution in [2.75, 3.05) is 18.0 Å². The van der Waals surface area contributed by atoms with Crippen LogP contribution in [0.15, 0.2) is 18.2 Å². The van der Waals surface area contributed by atoms with Gasteiger partial charge in [0.15, 0.2) is 0 Å². The summed E-state index contributed by atoms with van der Waals surface area (Å²) >= 11 is 6.03. The zero-order valence-electron chi connectivity index (χ0n) is 8.40. The molecule has 2 rings (SSSR count). The van der Waals surface area contributed by atoms with Crippen molar-refractivity contribution in [3.8, 4) is 0 Å². The van der Waals surface area contributed by atoms with Gasteiger partial charge in [-0.25, -0.2) is 0 Å². The summed E-state index contributed by atoms with van der Waals surface area (Å²) in [5.74, 6) is 0. The highest BCUT2D eigenvalue weighted by Gasteiger charge is 2.37. The fourth-order valence-electron chi connectivity index (χ4n) is 1.80. The van der Waals surface area contributed by atoms with Crippen LogP contribution in [-0.4, -0.2) is 30.1 Å². The Hall–Kier alpha value is -1.06. The van der Waals surface area contributed by atoms with Crippen molar-refractivity contribution in [3.63, 3.8) is 0 Å². The molecule has 1 aromatic carbocycles. The first kappa shape index (κ1) is 10.5. The highest BCUT2D eigenvalue weighted by molar-refractivity contribution is 6.33. The predicted octanol–water partition coefficient (Wildman–Crippen LogP) is 1.72. The lowest BCUT2D eigenvalue weighted by Crippen LogP contribution is -2.60. The van der Waals surface area contributed by atoms with Crippen LogP contribution in [0.5, 0.6) is 0 Å². The number of rotatable bonds is 2. The molecular formula is C11H12ClNO2. The quantitative estimate of drug-likeness (QED) is 0.780. The molecule has 1 aliphatic heterocycles. The lowest BCUT2D eigenvalue weighted by Gasteiger charge is -2.46. The number of carbonyl (C=O) groups is 1. The van der Waals surface area contributed by atoms with Crippen molar-refractivity contribution < 1.29 is 9.90 Å². The number of benzene rings is 1. The van der Waals surface area contributed by atoms with E-state index in [1.54, 1.807) is 25.1 Å². The Bertz CT molecular complexity index is 396. The van der Waals surface area contributed by atoms with Crippen LogP contribution in [0.25, 0.3) is 0 Å². The highest BCUT2D eigenvalue weighted by atomic mass is 35.5. The van der Waals surface area contributed by atoms with Gasteiger partial charge in [-0.05, 0) is 25.1 Å². The van der Waals surface area contributed by atoms with Crippen molar-refractivity contribution >= 4 is 23.6 Å². The molecule has 0 atom stereocenters. The van der Waals surface area contributed by atoms with Crippen molar-refractivity contribution in [2.24, 2.45) is 0 Å². The highest BCUT2D eigenvalue weighted by Crippen LogP contribution is 2.33. The second kappa shape index (κ2) is 3.51. The minimum atomic E-state index is -0.618. The maximum atomic E-state index is 10.5. The van der Waals surface area contributed by atoms with E-state index in [2.05, 4.69) is 0 Å². The first-order valence-corrected chi connectivity index (χ1v) is 5.12. The number of hydrogen-bond donors (Lipinski definition) is 1. The third-order valence-electron chi connectivity index (χ3n) is 2.51. The molecule has 1 aromatic rings. The minimum absolute atomic E-state index is 0.551. The fraction of sp³-hybridized carbons (Fsp3) is 0.364. The van der Waals surface area contributed by atoms with Gasteiger partial charge >= 0.3 is 0 Å². The summed E-state index contributed by atoms with van der Waals surface area (Å²) in [5, 5.41) is 10.1. The molecule has 0 bridgehead atoms. The van der Waals surface area contributed by atoms with Gasteiger partial charge in [0.05, 0.1) is 16.3 Å². The Kier molecular flexibility index (Phi) is 2.44. The molecule has 3 nitrogen and oxygen atoms in total. The maximum absolute atomic E-state index is 10.5. The first-order valence-electron chi connectivity index (χ1n) is 4.74. The van der Waals surface area contributed by atoms with E-state index in [9.17, 15) is 9.90 Å².